The minimum atomic E-state index is -0.454. The van der Waals surface area contributed by atoms with E-state index in [1.54, 1.807) is 0 Å². The largest absolute Gasteiger partial charge is 0.327 e. The van der Waals surface area contributed by atoms with Crippen LogP contribution < -0.4 is 11.1 Å². The number of benzene rings is 1. The van der Waals surface area contributed by atoms with Crippen molar-refractivity contribution in [1.29, 1.82) is 5.26 Å². The zero-order valence-electron chi connectivity index (χ0n) is 21.8. The number of pyridine rings is 1. The van der Waals surface area contributed by atoms with E-state index in [4.69, 9.17) is 4.98 Å². The van der Waals surface area contributed by atoms with Gasteiger partial charge in [0.15, 0.2) is 0 Å². The molecule has 38 heavy (non-hydrogen) atoms. The Kier molecular flexibility index (Phi) is 5.96. The number of rotatable bonds is 3. The number of nitrogens with one attached hydrogen (secondary N) is 1. The fraction of sp³-hybridized carbons (Fsp3) is 0.548. The molecule has 0 spiro atoms. The average molecular weight is 510 g/mol. The predicted molar refractivity (Wildman–Crippen MR) is 147 cm³/mol. The second-order valence-electron chi connectivity index (χ2n) is 12.2. The van der Waals surface area contributed by atoms with Crippen LogP contribution in [0.25, 0.3) is 22.3 Å². The highest BCUT2D eigenvalue weighted by Gasteiger charge is 2.45. The summed E-state index contributed by atoms with van der Waals surface area (Å²) in [6.07, 6.45) is 15.6. The molecule has 4 heterocycles. The zero-order chi connectivity index (χ0) is 25.8. The van der Waals surface area contributed by atoms with Gasteiger partial charge in [-0.3, -0.25) is 14.5 Å². The molecule has 7 rings (SSSR count). The van der Waals surface area contributed by atoms with E-state index in [-0.39, 0.29) is 17.2 Å². The third-order valence-electron chi connectivity index (χ3n) is 9.99. The molecule has 4 aliphatic rings. The van der Waals surface area contributed by atoms with E-state index in [9.17, 15) is 14.9 Å². The molecule has 1 N–H and O–H groups in total. The average Bonchev–Trinajstić information content (AvgIpc) is 2.92. The molecule has 4 unspecified atom stereocenters. The highest BCUT2D eigenvalue weighted by atomic mass is 16.1. The van der Waals surface area contributed by atoms with Crippen molar-refractivity contribution in [3.63, 3.8) is 0 Å². The summed E-state index contributed by atoms with van der Waals surface area (Å²) in [4.78, 5) is 36.4. The summed E-state index contributed by atoms with van der Waals surface area (Å²) >= 11 is 0. The molecule has 2 aromatic heterocycles. The number of nitrogens with zero attached hydrogens (tertiary/aromatic N) is 4. The smallest absolute Gasteiger partial charge is 0.277 e. The first kappa shape index (κ1) is 23.8. The molecule has 4 fully saturated rings. The number of aromatic amines is 1. The first-order valence-electron chi connectivity index (χ1n) is 14.5. The van der Waals surface area contributed by atoms with Gasteiger partial charge in [-0.25, -0.2) is 4.98 Å². The van der Waals surface area contributed by atoms with Gasteiger partial charge in [-0.1, -0.05) is 37.8 Å². The Morgan fingerprint density at radius 1 is 0.868 bits per heavy atom. The van der Waals surface area contributed by atoms with Crippen LogP contribution in [0, 0.1) is 23.2 Å². The summed E-state index contributed by atoms with van der Waals surface area (Å²) in [5, 5.41) is 9.39. The number of fused-ring (bicyclic) bond motifs is 5. The fourth-order valence-corrected chi connectivity index (χ4v) is 8.54. The van der Waals surface area contributed by atoms with Gasteiger partial charge >= 0.3 is 0 Å². The van der Waals surface area contributed by atoms with Crippen molar-refractivity contribution in [2.45, 2.75) is 94.8 Å². The summed E-state index contributed by atoms with van der Waals surface area (Å²) in [5.41, 5.74) is 1.81. The fourth-order valence-electron chi connectivity index (χ4n) is 8.54. The minimum absolute atomic E-state index is 0.0107. The summed E-state index contributed by atoms with van der Waals surface area (Å²) in [6.45, 7) is 0. The lowest BCUT2D eigenvalue weighted by Crippen LogP contribution is -2.58. The van der Waals surface area contributed by atoms with E-state index in [2.05, 4.69) is 9.88 Å². The maximum atomic E-state index is 14.1. The molecule has 4 bridgehead atoms. The maximum absolute atomic E-state index is 14.1. The molecule has 2 aliphatic heterocycles. The van der Waals surface area contributed by atoms with Crippen LogP contribution in [0.2, 0.25) is 0 Å². The number of piperidine rings is 2. The zero-order valence-corrected chi connectivity index (χ0v) is 21.8. The molecule has 2 saturated carbocycles. The summed E-state index contributed by atoms with van der Waals surface area (Å²) in [6, 6.07) is 13.2. The van der Waals surface area contributed by atoms with Crippen molar-refractivity contribution in [2.24, 2.45) is 11.8 Å². The highest BCUT2D eigenvalue weighted by molar-refractivity contribution is 5.78. The van der Waals surface area contributed by atoms with Gasteiger partial charge in [0.1, 0.15) is 17.3 Å². The van der Waals surface area contributed by atoms with Gasteiger partial charge in [0, 0.05) is 35.9 Å². The number of aromatic nitrogens is 3. The van der Waals surface area contributed by atoms with Crippen molar-refractivity contribution in [3.05, 3.63) is 62.8 Å². The minimum Gasteiger partial charge on any atom is -0.327 e. The molecule has 1 aromatic carbocycles. The molecule has 2 saturated heterocycles. The normalized spacial score (nSPS) is 31.1. The molecule has 7 nitrogen and oxygen atoms in total. The second-order valence-corrected chi connectivity index (χ2v) is 12.2. The van der Waals surface area contributed by atoms with E-state index in [1.165, 1.54) is 70.1 Å². The third kappa shape index (κ3) is 4.01. The van der Waals surface area contributed by atoms with Crippen molar-refractivity contribution >= 4 is 11.0 Å². The van der Waals surface area contributed by atoms with Crippen LogP contribution in [-0.2, 0) is 0 Å². The van der Waals surface area contributed by atoms with Gasteiger partial charge in [-0.15, -0.1) is 0 Å². The quantitative estimate of drug-likeness (QED) is 0.527. The van der Waals surface area contributed by atoms with Gasteiger partial charge in [0.2, 0.25) is 0 Å². The van der Waals surface area contributed by atoms with Crippen LogP contribution in [0.1, 0.15) is 82.2 Å². The van der Waals surface area contributed by atoms with Gasteiger partial charge in [-0.05, 0) is 75.0 Å². The van der Waals surface area contributed by atoms with Crippen molar-refractivity contribution < 1.29 is 0 Å². The van der Waals surface area contributed by atoms with Crippen molar-refractivity contribution in [3.8, 4) is 17.3 Å². The maximum Gasteiger partial charge on any atom is 0.277 e. The Hall–Kier alpha value is -3.24. The first-order chi connectivity index (χ1) is 18.6. The van der Waals surface area contributed by atoms with E-state index in [1.807, 2.05) is 34.9 Å². The Morgan fingerprint density at radius 3 is 2.32 bits per heavy atom. The summed E-state index contributed by atoms with van der Waals surface area (Å²) in [5.74, 6) is 1.83. The number of para-hydroxylation sites is 2. The highest BCUT2D eigenvalue weighted by Crippen LogP contribution is 2.47. The molecule has 7 heteroatoms. The molecule has 4 atom stereocenters. The van der Waals surface area contributed by atoms with Crippen LogP contribution in [0.3, 0.4) is 0 Å². The number of hydrogen-bond acceptors (Lipinski definition) is 5. The summed E-state index contributed by atoms with van der Waals surface area (Å²) in [7, 11) is 0. The molecule has 196 valence electrons. The van der Waals surface area contributed by atoms with Gasteiger partial charge in [0.05, 0.1) is 11.0 Å². The summed E-state index contributed by atoms with van der Waals surface area (Å²) < 4.78 is 1.99. The van der Waals surface area contributed by atoms with E-state index < -0.39 is 5.56 Å². The predicted octanol–water partition coefficient (Wildman–Crippen LogP) is 5.15. The number of H-pyrrole nitrogens is 1. The van der Waals surface area contributed by atoms with Crippen LogP contribution in [-0.4, -0.2) is 37.6 Å². The Labute approximate surface area is 222 Å². The third-order valence-corrected chi connectivity index (χ3v) is 9.99. The van der Waals surface area contributed by atoms with Crippen LogP contribution in [0.15, 0.2) is 46.1 Å². The van der Waals surface area contributed by atoms with Crippen LogP contribution >= 0.6 is 0 Å². The monoisotopic (exact) mass is 509 g/mol. The molecule has 0 radical (unpaired) electrons. The Morgan fingerprint density at radius 2 is 1.58 bits per heavy atom. The van der Waals surface area contributed by atoms with Crippen LogP contribution in [0.5, 0.6) is 0 Å². The first-order valence-corrected chi connectivity index (χ1v) is 14.5. The van der Waals surface area contributed by atoms with E-state index in [0.29, 0.717) is 29.4 Å². The molecule has 2 aliphatic carbocycles. The van der Waals surface area contributed by atoms with E-state index >= 15 is 0 Å². The molecule has 0 amide bonds. The lowest BCUT2D eigenvalue weighted by atomic mass is 9.68. The molecular weight excluding hydrogens is 474 g/mol. The molecule has 3 aromatic rings. The Balaban J connectivity index is 1.27. The molecular formula is C31H35N5O2. The van der Waals surface area contributed by atoms with Gasteiger partial charge < -0.3 is 9.55 Å². The van der Waals surface area contributed by atoms with Gasteiger partial charge in [0.25, 0.3) is 11.1 Å². The SMILES string of the molecule is N#Cc1cc(-c2nc3ccccc3n(C3CC4CCCC(C3)N4C3CC4CCCC(C4)C3)c2=O)c[nH]c1=O. The lowest BCUT2D eigenvalue weighted by Gasteiger charge is -2.55. The number of nitriles is 1. The number of hydrogen-bond donors (Lipinski definition) is 1. The van der Waals surface area contributed by atoms with Crippen LogP contribution in [0.4, 0.5) is 0 Å². The standard InChI is InChI=1S/C31H35N5O2/c32-17-21-14-22(18-33-30(21)37)29-31(38)36(28-10-2-1-9-27(28)34-29)26-15-23-7-4-8-24(16-26)35(23)25-12-19-5-3-6-20(11-19)13-25/h1-2,9-10,14,18-20,23-26H,3-8,11-13,15-16H2,(H,33,37). The lowest BCUT2D eigenvalue weighted by molar-refractivity contribution is -0.0485. The Bertz CT molecular complexity index is 1510. The van der Waals surface area contributed by atoms with Crippen molar-refractivity contribution in [1.82, 2.24) is 19.4 Å². The van der Waals surface area contributed by atoms with E-state index in [0.717, 1.165) is 35.7 Å². The van der Waals surface area contributed by atoms with Gasteiger partial charge in [-0.2, -0.15) is 5.26 Å². The topological polar surface area (TPSA) is 94.8 Å². The van der Waals surface area contributed by atoms with Crippen molar-refractivity contribution in [2.75, 3.05) is 0 Å². The second kappa shape index (κ2) is 9.50.